The quantitative estimate of drug-likeness (QED) is 0.586. The summed E-state index contributed by atoms with van der Waals surface area (Å²) in [5.41, 5.74) is 10.7. The highest BCUT2D eigenvalue weighted by Crippen LogP contribution is 2.40. The van der Waals surface area contributed by atoms with Gasteiger partial charge in [0.15, 0.2) is 0 Å². The number of aromatic nitrogens is 1. The smallest absolute Gasteiger partial charge is 0.283 e. The van der Waals surface area contributed by atoms with Crippen LogP contribution in [0.5, 0.6) is 0 Å². The van der Waals surface area contributed by atoms with Crippen molar-refractivity contribution in [3.05, 3.63) is 58.4 Å². The Balaban J connectivity index is 2.14. The van der Waals surface area contributed by atoms with Crippen molar-refractivity contribution in [2.24, 2.45) is 0 Å². The van der Waals surface area contributed by atoms with E-state index in [4.69, 9.17) is 15.9 Å². The summed E-state index contributed by atoms with van der Waals surface area (Å²) in [4.78, 5) is 6.31. The van der Waals surface area contributed by atoms with Gasteiger partial charge >= 0.3 is 0 Å². The lowest BCUT2D eigenvalue weighted by atomic mass is 9.83. The van der Waals surface area contributed by atoms with Crippen LogP contribution in [0.4, 0.5) is 14.5 Å². The number of ether oxygens (including phenoxy) is 1. The zero-order valence-corrected chi connectivity index (χ0v) is 16.4. The van der Waals surface area contributed by atoms with Crippen LogP contribution in [0.1, 0.15) is 40.9 Å². The Labute approximate surface area is 164 Å². The number of hydrogen-bond donors (Lipinski definition) is 2. The zero-order chi connectivity index (χ0) is 20.5. The van der Waals surface area contributed by atoms with Crippen molar-refractivity contribution in [3.8, 4) is 0 Å². The molecule has 0 saturated heterocycles. The Kier molecular flexibility index (Phi) is 5.76. The number of alkyl halides is 2. The van der Waals surface area contributed by atoms with Crippen LogP contribution in [0.2, 0.25) is 0 Å². The van der Waals surface area contributed by atoms with Crippen molar-refractivity contribution in [2.45, 2.75) is 38.3 Å². The second-order valence-electron chi connectivity index (χ2n) is 7.46. The van der Waals surface area contributed by atoms with E-state index in [0.717, 1.165) is 16.7 Å². The average molecular weight is 388 g/mol. The SMILES string of the molecule is COCC(F)(F)CN1[C@H](c2ccc(C)cn2)c2ccc(N)c(C=N)c2C[C@H]1C. The van der Waals surface area contributed by atoms with E-state index in [1.54, 1.807) is 17.2 Å². The lowest BCUT2D eigenvalue weighted by molar-refractivity contribution is -0.0963. The molecule has 0 aliphatic carbocycles. The number of hydrogen-bond acceptors (Lipinski definition) is 5. The maximum absolute atomic E-state index is 14.5. The molecule has 0 radical (unpaired) electrons. The topological polar surface area (TPSA) is 75.2 Å². The molecule has 150 valence electrons. The number of nitrogens with zero attached hydrogens (tertiary/aromatic N) is 2. The molecule has 1 aliphatic rings. The number of fused-ring (bicyclic) bond motifs is 1. The van der Waals surface area contributed by atoms with Crippen molar-refractivity contribution >= 4 is 11.9 Å². The minimum Gasteiger partial charge on any atom is -0.398 e. The van der Waals surface area contributed by atoms with Gasteiger partial charge in [0.2, 0.25) is 0 Å². The number of rotatable bonds is 6. The molecular formula is C21H26F2N4O. The van der Waals surface area contributed by atoms with Crippen LogP contribution in [0.3, 0.4) is 0 Å². The van der Waals surface area contributed by atoms with Gasteiger partial charge in [0, 0.05) is 36.8 Å². The van der Waals surface area contributed by atoms with Gasteiger partial charge in [-0.25, -0.2) is 8.78 Å². The Hall–Kier alpha value is -2.38. The van der Waals surface area contributed by atoms with Crippen molar-refractivity contribution in [1.29, 1.82) is 5.41 Å². The van der Waals surface area contributed by atoms with Crippen LogP contribution in [-0.2, 0) is 11.2 Å². The first kappa shape index (κ1) is 20.4. The van der Waals surface area contributed by atoms with Crippen LogP contribution >= 0.6 is 0 Å². The lowest BCUT2D eigenvalue weighted by Crippen LogP contribution is -2.49. The van der Waals surface area contributed by atoms with E-state index < -0.39 is 25.1 Å². The molecule has 0 fully saturated rings. The molecule has 28 heavy (non-hydrogen) atoms. The standard InChI is InChI=1S/C21H26F2N4O/c1-13-4-7-19(26-10-13)20-15-5-6-18(25)17(9-24)16(15)8-14(2)27(20)11-21(22,23)12-28-3/h4-7,9-10,14,20,24H,8,11-12,25H2,1-3H3/t14-,20+/m1/s1. The minimum absolute atomic E-state index is 0.177. The highest BCUT2D eigenvalue weighted by Gasteiger charge is 2.41. The fraction of sp³-hybridized carbons (Fsp3) is 0.429. The summed E-state index contributed by atoms with van der Waals surface area (Å²) in [6.45, 7) is 2.78. The van der Waals surface area contributed by atoms with E-state index in [1.165, 1.54) is 13.3 Å². The third kappa shape index (κ3) is 3.91. The van der Waals surface area contributed by atoms with Crippen molar-refractivity contribution in [3.63, 3.8) is 0 Å². The molecule has 0 unspecified atom stereocenters. The number of anilines is 1. The third-order valence-electron chi connectivity index (χ3n) is 5.25. The maximum atomic E-state index is 14.5. The molecule has 3 rings (SSSR count). The largest absolute Gasteiger partial charge is 0.398 e. The molecule has 0 amide bonds. The van der Waals surface area contributed by atoms with Gasteiger partial charge in [0.25, 0.3) is 5.92 Å². The van der Waals surface area contributed by atoms with E-state index >= 15 is 0 Å². The van der Waals surface area contributed by atoms with Crippen LogP contribution in [0.25, 0.3) is 0 Å². The number of halogens is 2. The molecule has 0 bridgehead atoms. The van der Waals surface area contributed by atoms with Crippen LogP contribution in [0, 0.1) is 12.3 Å². The number of benzene rings is 1. The molecule has 0 spiro atoms. The van der Waals surface area contributed by atoms with Gasteiger partial charge in [-0.1, -0.05) is 12.1 Å². The van der Waals surface area contributed by atoms with E-state index in [2.05, 4.69) is 4.98 Å². The van der Waals surface area contributed by atoms with Gasteiger partial charge in [-0.15, -0.1) is 0 Å². The predicted octanol–water partition coefficient (Wildman–Crippen LogP) is 3.59. The van der Waals surface area contributed by atoms with E-state index in [0.29, 0.717) is 23.4 Å². The van der Waals surface area contributed by atoms with Gasteiger partial charge in [-0.2, -0.15) is 0 Å². The molecule has 5 nitrogen and oxygen atoms in total. The Bertz CT molecular complexity index is 854. The highest BCUT2D eigenvalue weighted by atomic mass is 19.3. The Morgan fingerprint density at radius 1 is 1.36 bits per heavy atom. The first-order chi connectivity index (χ1) is 13.3. The summed E-state index contributed by atoms with van der Waals surface area (Å²) < 4.78 is 33.7. The zero-order valence-electron chi connectivity index (χ0n) is 16.4. The summed E-state index contributed by atoms with van der Waals surface area (Å²) in [7, 11) is 1.28. The van der Waals surface area contributed by atoms with Crippen molar-refractivity contribution in [2.75, 3.05) is 26.0 Å². The fourth-order valence-corrected chi connectivity index (χ4v) is 3.94. The Morgan fingerprint density at radius 2 is 2.11 bits per heavy atom. The molecule has 1 aromatic heterocycles. The predicted molar refractivity (Wildman–Crippen MR) is 106 cm³/mol. The Morgan fingerprint density at radius 3 is 2.71 bits per heavy atom. The van der Waals surface area contributed by atoms with Crippen LogP contribution in [-0.4, -0.2) is 48.3 Å². The first-order valence-electron chi connectivity index (χ1n) is 9.24. The van der Waals surface area contributed by atoms with Gasteiger partial charge in [0.05, 0.1) is 18.3 Å². The van der Waals surface area contributed by atoms with Gasteiger partial charge < -0.3 is 15.9 Å². The van der Waals surface area contributed by atoms with Crippen molar-refractivity contribution in [1.82, 2.24) is 9.88 Å². The second kappa shape index (κ2) is 7.93. The number of nitrogens with two attached hydrogens (primary N) is 1. The average Bonchev–Trinajstić information content (AvgIpc) is 2.63. The van der Waals surface area contributed by atoms with E-state index in [1.807, 2.05) is 32.0 Å². The number of pyridine rings is 1. The molecular weight excluding hydrogens is 362 g/mol. The minimum atomic E-state index is -2.98. The van der Waals surface area contributed by atoms with Crippen molar-refractivity contribution < 1.29 is 13.5 Å². The molecule has 2 heterocycles. The molecule has 3 N–H and O–H groups in total. The maximum Gasteiger partial charge on any atom is 0.283 e. The summed E-state index contributed by atoms with van der Waals surface area (Å²) in [6.07, 6.45) is 3.53. The first-order valence-corrected chi connectivity index (χ1v) is 9.24. The second-order valence-corrected chi connectivity index (χ2v) is 7.46. The lowest BCUT2D eigenvalue weighted by Gasteiger charge is -2.43. The summed E-state index contributed by atoms with van der Waals surface area (Å²) in [5.74, 6) is -2.98. The van der Waals surface area contributed by atoms with Crippen LogP contribution in [0.15, 0.2) is 30.5 Å². The van der Waals surface area contributed by atoms with Crippen LogP contribution < -0.4 is 5.73 Å². The summed E-state index contributed by atoms with van der Waals surface area (Å²) in [5, 5.41) is 7.77. The summed E-state index contributed by atoms with van der Waals surface area (Å²) >= 11 is 0. The highest BCUT2D eigenvalue weighted by molar-refractivity contribution is 5.88. The molecule has 1 aromatic carbocycles. The normalized spacial score (nSPS) is 20.0. The van der Waals surface area contributed by atoms with Gasteiger partial charge in [-0.05, 0) is 49.1 Å². The third-order valence-corrected chi connectivity index (χ3v) is 5.25. The molecule has 0 saturated carbocycles. The number of nitrogens with one attached hydrogen (secondary N) is 1. The fourth-order valence-electron chi connectivity index (χ4n) is 3.94. The van der Waals surface area contributed by atoms with E-state index in [-0.39, 0.29) is 6.04 Å². The molecule has 2 aromatic rings. The number of nitrogen functional groups attached to an aromatic ring is 1. The monoisotopic (exact) mass is 388 g/mol. The molecule has 2 atom stereocenters. The van der Waals surface area contributed by atoms with Gasteiger partial charge in [0.1, 0.15) is 6.61 Å². The summed E-state index contributed by atoms with van der Waals surface area (Å²) in [6, 6.07) is 6.80. The number of aryl methyl sites for hydroxylation is 1. The van der Waals surface area contributed by atoms with Gasteiger partial charge in [-0.3, -0.25) is 9.88 Å². The molecule has 1 aliphatic heterocycles. The number of methoxy groups -OCH3 is 1. The molecule has 7 heteroatoms. The van der Waals surface area contributed by atoms with E-state index in [9.17, 15) is 8.78 Å².